The summed E-state index contributed by atoms with van der Waals surface area (Å²) in [5.41, 5.74) is 0.401. The predicted octanol–water partition coefficient (Wildman–Crippen LogP) is 2.18. The molecular weight excluding hydrogens is 234 g/mol. The Morgan fingerprint density at radius 2 is 1.84 bits per heavy atom. The molecule has 0 spiro atoms. The van der Waals surface area contributed by atoms with Gasteiger partial charge in [0.05, 0.1) is 0 Å². The van der Waals surface area contributed by atoms with Crippen molar-refractivity contribution < 1.29 is 0 Å². The first-order valence-electron chi connectivity index (χ1n) is 8.08. The van der Waals surface area contributed by atoms with Gasteiger partial charge in [0.15, 0.2) is 0 Å². The van der Waals surface area contributed by atoms with Crippen LogP contribution in [0.3, 0.4) is 0 Å². The predicted molar refractivity (Wildman–Crippen MR) is 82.6 cm³/mol. The maximum absolute atomic E-state index is 3.79. The number of hydrogen-bond donors (Lipinski definition) is 1. The third-order valence-corrected chi connectivity index (χ3v) is 4.63. The molecule has 0 bridgehead atoms. The summed E-state index contributed by atoms with van der Waals surface area (Å²) < 4.78 is 0. The van der Waals surface area contributed by atoms with E-state index in [1.807, 2.05) is 0 Å². The first-order valence-corrected chi connectivity index (χ1v) is 8.08. The highest BCUT2D eigenvalue weighted by Gasteiger charge is 2.32. The van der Waals surface area contributed by atoms with Crippen LogP contribution in [0.2, 0.25) is 0 Å². The van der Waals surface area contributed by atoms with Gasteiger partial charge in [0.1, 0.15) is 0 Å². The van der Waals surface area contributed by atoms with E-state index < -0.39 is 0 Å². The fraction of sp³-hybridized carbons (Fsp3) is 1.00. The lowest BCUT2D eigenvalue weighted by Gasteiger charge is -2.38. The summed E-state index contributed by atoms with van der Waals surface area (Å²) in [5.74, 6) is 0. The fourth-order valence-electron chi connectivity index (χ4n) is 3.73. The minimum atomic E-state index is 0.401. The summed E-state index contributed by atoms with van der Waals surface area (Å²) in [6, 6.07) is 1.47. The molecule has 1 saturated carbocycles. The van der Waals surface area contributed by atoms with E-state index in [1.54, 1.807) is 0 Å². The summed E-state index contributed by atoms with van der Waals surface area (Å²) in [6.45, 7) is 9.61. The van der Waals surface area contributed by atoms with E-state index in [0.29, 0.717) is 11.5 Å². The van der Waals surface area contributed by atoms with Crippen molar-refractivity contribution >= 4 is 0 Å². The van der Waals surface area contributed by atoms with E-state index in [2.05, 4.69) is 43.1 Å². The molecule has 0 radical (unpaired) electrons. The molecule has 2 fully saturated rings. The number of nitrogens with zero attached hydrogens (tertiary/aromatic N) is 2. The molecule has 1 N–H and O–H groups in total. The van der Waals surface area contributed by atoms with Crippen LogP contribution in [0.25, 0.3) is 0 Å². The van der Waals surface area contributed by atoms with Crippen molar-refractivity contribution in [1.29, 1.82) is 0 Å². The van der Waals surface area contributed by atoms with Crippen LogP contribution in [0.5, 0.6) is 0 Å². The minimum Gasteiger partial charge on any atom is -0.311 e. The molecule has 2 rings (SSSR count). The smallest absolute Gasteiger partial charge is 0.0322 e. The molecule has 1 aliphatic carbocycles. The molecular formula is C16H33N3. The zero-order chi connectivity index (χ0) is 13.9. The normalized spacial score (nSPS) is 30.5. The molecule has 1 heterocycles. The summed E-state index contributed by atoms with van der Waals surface area (Å²) >= 11 is 0. The Kier molecular flexibility index (Phi) is 5.27. The molecule has 3 heteroatoms. The van der Waals surface area contributed by atoms with Crippen LogP contribution in [0, 0.1) is 5.41 Å². The van der Waals surface area contributed by atoms with Crippen LogP contribution in [0.1, 0.15) is 46.0 Å². The van der Waals surface area contributed by atoms with Gasteiger partial charge in [-0.25, -0.2) is 0 Å². The first-order chi connectivity index (χ1) is 8.96. The topological polar surface area (TPSA) is 18.5 Å². The SMILES string of the molecule is CN(C)CC1CN(C2CCCCC2)CC(C)(C)CN1. The Bertz CT molecular complexity index is 269. The van der Waals surface area contributed by atoms with Crippen molar-refractivity contribution in [2.45, 2.75) is 58.0 Å². The quantitative estimate of drug-likeness (QED) is 0.845. The van der Waals surface area contributed by atoms with Crippen LogP contribution < -0.4 is 5.32 Å². The third-order valence-electron chi connectivity index (χ3n) is 4.63. The van der Waals surface area contributed by atoms with Crippen LogP contribution >= 0.6 is 0 Å². The second-order valence-electron chi connectivity index (χ2n) is 7.73. The van der Waals surface area contributed by atoms with E-state index in [-0.39, 0.29) is 0 Å². The Morgan fingerprint density at radius 3 is 2.47 bits per heavy atom. The van der Waals surface area contributed by atoms with Crippen LogP contribution in [0.4, 0.5) is 0 Å². The van der Waals surface area contributed by atoms with Gasteiger partial charge in [0.25, 0.3) is 0 Å². The van der Waals surface area contributed by atoms with Crippen molar-refractivity contribution in [2.75, 3.05) is 40.3 Å². The van der Waals surface area contributed by atoms with Gasteiger partial charge in [-0.15, -0.1) is 0 Å². The summed E-state index contributed by atoms with van der Waals surface area (Å²) in [4.78, 5) is 5.11. The molecule has 2 aliphatic rings. The molecule has 19 heavy (non-hydrogen) atoms. The Labute approximate surface area is 119 Å². The van der Waals surface area contributed by atoms with Gasteiger partial charge in [-0.2, -0.15) is 0 Å². The van der Waals surface area contributed by atoms with Gasteiger partial charge in [-0.1, -0.05) is 33.1 Å². The maximum atomic E-state index is 3.79. The van der Waals surface area contributed by atoms with Crippen LogP contribution in [-0.2, 0) is 0 Å². The Hall–Kier alpha value is -0.120. The zero-order valence-electron chi connectivity index (χ0n) is 13.4. The average Bonchev–Trinajstić information content (AvgIpc) is 2.49. The molecule has 3 nitrogen and oxygen atoms in total. The molecule has 0 amide bonds. The van der Waals surface area contributed by atoms with Crippen molar-refractivity contribution in [3.05, 3.63) is 0 Å². The van der Waals surface area contributed by atoms with Crippen LogP contribution in [0.15, 0.2) is 0 Å². The number of rotatable bonds is 3. The number of hydrogen-bond acceptors (Lipinski definition) is 3. The first kappa shape index (κ1) is 15.3. The lowest BCUT2D eigenvalue weighted by molar-refractivity contribution is 0.115. The average molecular weight is 267 g/mol. The van der Waals surface area contributed by atoms with Crippen LogP contribution in [-0.4, -0.2) is 62.2 Å². The molecule has 1 unspecified atom stereocenters. The Morgan fingerprint density at radius 1 is 1.16 bits per heavy atom. The minimum absolute atomic E-state index is 0.401. The molecule has 1 aliphatic heterocycles. The lowest BCUT2D eigenvalue weighted by atomic mass is 9.89. The molecule has 0 aromatic rings. The fourth-order valence-corrected chi connectivity index (χ4v) is 3.73. The third kappa shape index (κ3) is 4.73. The highest BCUT2D eigenvalue weighted by atomic mass is 15.2. The molecule has 0 aromatic heterocycles. The van der Waals surface area contributed by atoms with E-state index in [4.69, 9.17) is 0 Å². The highest BCUT2D eigenvalue weighted by Crippen LogP contribution is 2.27. The monoisotopic (exact) mass is 267 g/mol. The molecule has 1 saturated heterocycles. The Balaban J connectivity index is 2.00. The van der Waals surface area contributed by atoms with E-state index in [1.165, 1.54) is 45.2 Å². The van der Waals surface area contributed by atoms with Gasteiger partial charge < -0.3 is 10.2 Å². The van der Waals surface area contributed by atoms with Gasteiger partial charge in [0.2, 0.25) is 0 Å². The largest absolute Gasteiger partial charge is 0.311 e. The summed E-state index contributed by atoms with van der Waals surface area (Å²) in [5, 5.41) is 3.79. The molecule has 112 valence electrons. The standard InChI is InChI=1S/C16H33N3/c1-16(2)12-17-14(10-18(3)4)11-19(13-16)15-8-6-5-7-9-15/h14-15,17H,5-13H2,1-4H3. The van der Waals surface area contributed by atoms with E-state index >= 15 is 0 Å². The van der Waals surface area contributed by atoms with E-state index in [0.717, 1.165) is 19.1 Å². The zero-order valence-corrected chi connectivity index (χ0v) is 13.4. The van der Waals surface area contributed by atoms with Gasteiger partial charge in [0, 0.05) is 38.3 Å². The van der Waals surface area contributed by atoms with Crippen molar-refractivity contribution in [3.63, 3.8) is 0 Å². The van der Waals surface area contributed by atoms with Crippen molar-refractivity contribution in [2.24, 2.45) is 5.41 Å². The maximum Gasteiger partial charge on any atom is 0.0322 e. The van der Waals surface area contributed by atoms with Crippen molar-refractivity contribution in [1.82, 2.24) is 15.1 Å². The molecule has 0 aromatic carbocycles. The summed E-state index contributed by atoms with van der Waals surface area (Å²) in [7, 11) is 4.37. The van der Waals surface area contributed by atoms with Crippen molar-refractivity contribution in [3.8, 4) is 0 Å². The molecule has 1 atom stereocenters. The summed E-state index contributed by atoms with van der Waals surface area (Å²) in [6.07, 6.45) is 7.17. The second-order valence-corrected chi connectivity index (χ2v) is 7.73. The van der Waals surface area contributed by atoms with Gasteiger partial charge in [-0.3, -0.25) is 4.90 Å². The second kappa shape index (κ2) is 6.55. The van der Waals surface area contributed by atoms with Gasteiger partial charge >= 0.3 is 0 Å². The highest BCUT2D eigenvalue weighted by molar-refractivity contribution is 4.90. The van der Waals surface area contributed by atoms with Gasteiger partial charge in [-0.05, 0) is 32.4 Å². The number of likely N-dealkylation sites (N-methyl/N-ethyl adjacent to an activating group) is 1. The van der Waals surface area contributed by atoms with E-state index in [9.17, 15) is 0 Å². The number of nitrogens with one attached hydrogen (secondary N) is 1. The lowest BCUT2D eigenvalue weighted by Crippen LogP contribution is -2.47.